The Morgan fingerprint density at radius 2 is 1.76 bits per heavy atom. The summed E-state index contributed by atoms with van der Waals surface area (Å²) in [5, 5.41) is 2.29. The van der Waals surface area contributed by atoms with E-state index in [1.807, 2.05) is 45.0 Å². The normalized spacial score (nSPS) is 20.9. The monoisotopic (exact) mass is 403 g/mol. The van der Waals surface area contributed by atoms with E-state index in [0.29, 0.717) is 25.1 Å². The summed E-state index contributed by atoms with van der Waals surface area (Å²) in [6.45, 7) is 9.13. The standard InChI is InChI=1S/C21H29N3O5/c1-21(2,3)29-19(26)14-23-10-12-24(13-11-23)15-4-6-16(7-5-15)28-17-8-9-18(25)22-20(17)27/h4-7,17H,8-14H2,1-3H3,(H,22,25,27)/t17-/m1/s1. The fourth-order valence-corrected chi connectivity index (χ4v) is 3.41. The highest BCUT2D eigenvalue weighted by Gasteiger charge is 2.28. The van der Waals surface area contributed by atoms with E-state index in [0.717, 1.165) is 31.9 Å². The van der Waals surface area contributed by atoms with Gasteiger partial charge in [-0.05, 0) is 45.0 Å². The van der Waals surface area contributed by atoms with Crippen LogP contribution in [-0.2, 0) is 19.1 Å². The highest BCUT2D eigenvalue weighted by Crippen LogP contribution is 2.23. The molecule has 2 saturated heterocycles. The van der Waals surface area contributed by atoms with E-state index < -0.39 is 11.7 Å². The van der Waals surface area contributed by atoms with Gasteiger partial charge in [-0.2, -0.15) is 0 Å². The van der Waals surface area contributed by atoms with Crippen molar-refractivity contribution in [1.82, 2.24) is 10.2 Å². The largest absolute Gasteiger partial charge is 0.481 e. The van der Waals surface area contributed by atoms with Gasteiger partial charge in [-0.25, -0.2) is 0 Å². The average molecular weight is 403 g/mol. The van der Waals surface area contributed by atoms with Crippen LogP contribution in [0.25, 0.3) is 0 Å². The molecule has 1 N–H and O–H groups in total. The number of carbonyl (C=O) groups excluding carboxylic acids is 3. The minimum Gasteiger partial charge on any atom is -0.481 e. The topological polar surface area (TPSA) is 88.2 Å². The molecule has 2 aliphatic heterocycles. The molecule has 0 spiro atoms. The smallest absolute Gasteiger partial charge is 0.320 e. The van der Waals surface area contributed by atoms with Gasteiger partial charge in [-0.1, -0.05) is 0 Å². The molecule has 0 bridgehead atoms. The molecule has 2 aliphatic rings. The van der Waals surface area contributed by atoms with Crippen LogP contribution in [0, 0.1) is 0 Å². The average Bonchev–Trinajstić information content (AvgIpc) is 2.64. The first-order valence-electron chi connectivity index (χ1n) is 9.99. The number of anilines is 1. The SMILES string of the molecule is CC(C)(C)OC(=O)CN1CCN(c2ccc(O[C@@H]3CCC(=O)NC3=O)cc2)CC1. The molecule has 2 fully saturated rings. The molecule has 2 heterocycles. The van der Waals surface area contributed by atoms with Gasteiger partial charge in [0.05, 0.1) is 6.54 Å². The molecule has 29 heavy (non-hydrogen) atoms. The molecule has 0 aromatic heterocycles. The van der Waals surface area contributed by atoms with Crippen LogP contribution in [0.4, 0.5) is 5.69 Å². The van der Waals surface area contributed by atoms with Crippen LogP contribution >= 0.6 is 0 Å². The first kappa shape index (κ1) is 21.1. The lowest BCUT2D eigenvalue weighted by Crippen LogP contribution is -2.48. The van der Waals surface area contributed by atoms with Gasteiger partial charge >= 0.3 is 5.97 Å². The molecular formula is C21H29N3O5. The van der Waals surface area contributed by atoms with Crippen molar-refractivity contribution in [1.29, 1.82) is 0 Å². The number of hydrogen-bond donors (Lipinski definition) is 1. The van der Waals surface area contributed by atoms with Crippen LogP contribution < -0.4 is 15.0 Å². The Hall–Kier alpha value is -2.61. The highest BCUT2D eigenvalue weighted by molar-refractivity contribution is 5.99. The number of rotatable bonds is 5. The lowest BCUT2D eigenvalue weighted by atomic mass is 10.1. The van der Waals surface area contributed by atoms with Crippen molar-refractivity contribution in [2.75, 3.05) is 37.6 Å². The Bertz CT molecular complexity index is 749. The van der Waals surface area contributed by atoms with Gasteiger partial charge in [0.25, 0.3) is 5.91 Å². The van der Waals surface area contributed by atoms with Crippen molar-refractivity contribution in [2.24, 2.45) is 0 Å². The van der Waals surface area contributed by atoms with Gasteiger partial charge in [-0.3, -0.25) is 24.6 Å². The molecule has 8 nitrogen and oxygen atoms in total. The van der Waals surface area contributed by atoms with E-state index in [1.54, 1.807) is 0 Å². The molecule has 2 amide bonds. The molecule has 3 rings (SSSR count). The van der Waals surface area contributed by atoms with Crippen molar-refractivity contribution < 1.29 is 23.9 Å². The second-order valence-corrected chi connectivity index (χ2v) is 8.40. The van der Waals surface area contributed by atoms with Crippen LogP contribution in [0.2, 0.25) is 0 Å². The number of piperazine rings is 1. The number of ether oxygens (including phenoxy) is 2. The van der Waals surface area contributed by atoms with Crippen molar-refractivity contribution in [3.8, 4) is 5.75 Å². The van der Waals surface area contributed by atoms with Gasteiger partial charge in [0.2, 0.25) is 5.91 Å². The number of piperidine rings is 1. The summed E-state index contributed by atoms with van der Waals surface area (Å²) in [6, 6.07) is 7.60. The fraction of sp³-hybridized carbons (Fsp3) is 0.571. The number of esters is 1. The number of nitrogens with one attached hydrogen (secondary N) is 1. The third-order valence-electron chi connectivity index (χ3n) is 4.81. The molecular weight excluding hydrogens is 374 g/mol. The van der Waals surface area contributed by atoms with Gasteiger partial charge in [-0.15, -0.1) is 0 Å². The van der Waals surface area contributed by atoms with E-state index in [1.165, 1.54) is 0 Å². The molecule has 1 atom stereocenters. The predicted molar refractivity (Wildman–Crippen MR) is 108 cm³/mol. The van der Waals surface area contributed by atoms with Crippen molar-refractivity contribution >= 4 is 23.5 Å². The molecule has 0 saturated carbocycles. The quantitative estimate of drug-likeness (QED) is 0.586. The minimum absolute atomic E-state index is 0.194. The first-order chi connectivity index (χ1) is 13.7. The molecule has 1 aromatic carbocycles. The number of nitrogens with zero attached hydrogens (tertiary/aromatic N) is 2. The summed E-state index contributed by atoms with van der Waals surface area (Å²) in [6.07, 6.45) is 0.0589. The first-order valence-corrected chi connectivity index (χ1v) is 9.99. The highest BCUT2D eigenvalue weighted by atomic mass is 16.6. The zero-order valence-corrected chi connectivity index (χ0v) is 17.3. The Labute approximate surface area is 171 Å². The maximum absolute atomic E-state index is 12.0. The van der Waals surface area contributed by atoms with Crippen molar-refractivity contribution in [2.45, 2.75) is 45.3 Å². The second kappa shape index (κ2) is 8.82. The molecule has 158 valence electrons. The predicted octanol–water partition coefficient (Wildman–Crippen LogP) is 1.33. The molecule has 0 aliphatic carbocycles. The van der Waals surface area contributed by atoms with E-state index >= 15 is 0 Å². The Morgan fingerprint density at radius 3 is 2.34 bits per heavy atom. The molecule has 8 heteroatoms. The molecule has 0 radical (unpaired) electrons. The van der Waals surface area contributed by atoms with E-state index in [9.17, 15) is 14.4 Å². The summed E-state index contributed by atoms with van der Waals surface area (Å²) in [5.74, 6) is -0.227. The van der Waals surface area contributed by atoms with Crippen LogP contribution in [0.15, 0.2) is 24.3 Å². The summed E-state index contributed by atoms with van der Waals surface area (Å²) in [5.41, 5.74) is 0.605. The third kappa shape index (κ3) is 6.19. The zero-order chi connectivity index (χ0) is 21.0. The van der Waals surface area contributed by atoms with Crippen molar-refractivity contribution in [3.63, 3.8) is 0 Å². The number of imide groups is 1. The summed E-state index contributed by atoms with van der Waals surface area (Å²) >= 11 is 0. The van der Waals surface area contributed by atoms with Gasteiger partial charge in [0.1, 0.15) is 11.4 Å². The Morgan fingerprint density at radius 1 is 1.10 bits per heavy atom. The van der Waals surface area contributed by atoms with E-state index in [4.69, 9.17) is 9.47 Å². The third-order valence-corrected chi connectivity index (χ3v) is 4.81. The number of benzene rings is 1. The van der Waals surface area contributed by atoms with E-state index in [2.05, 4.69) is 15.1 Å². The van der Waals surface area contributed by atoms with Crippen LogP contribution in [0.1, 0.15) is 33.6 Å². The second-order valence-electron chi connectivity index (χ2n) is 8.40. The lowest BCUT2D eigenvalue weighted by molar-refractivity contribution is -0.156. The Kier molecular flexibility index (Phi) is 6.42. The summed E-state index contributed by atoms with van der Waals surface area (Å²) in [4.78, 5) is 39.4. The molecule has 1 aromatic rings. The zero-order valence-electron chi connectivity index (χ0n) is 17.3. The molecule has 0 unspecified atom stereocenters. The lowest BCUT2D eigenvalue weighted by Gasteiger charge is -2.36. The number of hydrogen-bond acceptors (Lipinski definition) is 7. The van der Waals surface area contributed by atoms with Crippen molar-refractivity contribution in [3.05, 3.63) is 24.3 Å². The Balaban J connectivity index is 1.47. The summed E-state index contributed by atoms with van der Waals surface area (Å²) in [7, 11) is 0. The van der Waals surface area contributed by atoms with Crippen LogP contribution in [0.5, 0.6) is 5.75 Å². The maximum Gasteiger partial charge on any atom is 0.320 e. The number of amides is 2. The van der Waals surface area contributed by atoms with Gasteiger partial charge < -0.3 is 14.4 Å². The maximum atomic E-state index is 12.0. The summed E-state index contributed by atoms with van der Waals surface area (Å²) < 4.78 is 11.1. The van der Waals surface area contributed by atoms with Crippen LogP contribution in [-0.4, -0.2) is 67.1 Å². The fourth-order valence-electron chi connectivity index (χ4n) is 3.41. The van der Waals surface area contributed by atoms with Gasteiger partial charge in [0.15, 0.2) is 6.10 Å². The minimum atomic E-state index is -0.630. The van der Waals surface area contributed by atoms with Crippen LogP contribution in [0.3, 0.4) is 0 Å². The van der Waals surface area contributed by atoms with Gasteiger partial charge in [0, 0.05) is 44.7 Å². The number of carbonyl (C=O) groups is 3. The van der Waals surface area contributed by atoms with E-state index in [-0.39, 0.29) is 17.8 Å².